The summed E-state index contributed by atoms with van der Waals surface area (Å²) in [5.41, 5.74) is 1.02. The van der Waals surface area contributed by atoms with Crippen molar-refractivity contribution in [2.75, 3.05) is 58.1 Å². The number of nitrogens with one attached hydrogen (secondary N) is 2. The first-order valence-electron chi connectivity index (χ1n) is 10.2. The van der Waals surface area contributed by atoms with Crippen molar-refractivity contribution in [1.82, 2.24) is 14.8 Å². The third-order valence-corrected chi connectivity index (χ3v) is 5.87. The molecule has 0 aliphatic carbocycles. The zero-order valence-corrected chi connectivity index (χ0v) is 19.8. The second-order valence-electron chi connectivity index (χ2n) is 7.21. The van der Waals surface area contributed by atoms with Gasteiger partial charge in [0.05, 0.1) is 33.4 Å². The van der Waals surface area contributed by atoms with Crippen molar-refractivity contribution in [3.8, 4) is 17.2 Å². The van der Waals surface area contributed by atoms with Crippen LogP contribution in [-0.4, -0.2) is 80.1 Å². The zero-order chi connectivity index (χ0) is 24.0. The van der Waals surface area contributed by atoms with Crippen LogP contribution in [0.4, 0.5) is 15.6 Å². The Balaban J connectivity index is 1.56. The van der Waals surface area contributed by atoms with Crippen LogP contribution in [0.25, 0.3) is 0 Å². The lowest BCUT2D eigenvalue weighted by Crippen LogP contribution is -2.51. The number of nitrogens with zero attached hydrogens (tertiary/aromatic N) is 3. The quantitative estimate of drug-likeness (QED) is 0.626. The Hall–Kier alpha value is -3.54. The molecule has 2 aromatic rings. The van der Waals surface area contributed by atoms with Gasteiger partial charge in [-0.25, -0.2) is 9.78 Å². The summed E-state index contributed by atoms with van der Waals surface area (Å²) in [6, 6.07) is 3.00. The second kappa shape index (κ2) is 10.9. The van der Waals surface area contributed by atoms with E-state index in [0.717, 1.165) is 0 Å². The number of hydrogen-bond donors (Lipinski definition) is 2. The van der Waals surface area contributed by atoms with Gasteiger partial charge in [-0.2, -0.15) is 0 Å². The molecule has 1 aliphatic rings. The molecule has 178 valence electrons. The normalized spacial score (nSPS) is 13.3. The van der Waals surface area contributed by atoms with E-state index < -0.39 is 0 Å². The van der Waals surface area contributed by atoms with Crippen molar-refractivity contribution >= 4 is 40.0 Å². The molecule has 0 saturated carbocycles. The molecule has 1 fully saturated rings. The van der Waals surface area contributed by atoms with Crippen LogP contribution in [0.15, 0.2) is 17.5 Å². The van der Waals surface area contributed by atoms with Crippen LogP contribution in [0.2, 0.25) is 0 Å². The summed E-state index contributed by atoms with van der Waals surface area (Å²) in [7, 11) is 4.50. The number of rotatable bonds is 7. The number of anilines is 2. The van der Waals surface area contributed by atoms with E-state index in [1.807, 2.05) is 0 Å². The molecule has 11 nitrogen and oxygen atoms in total. The average Bonchev–Trinajstić information content (AvgIpc) is 3.24. The van der Waals surface area contributed by atoms with Gasteiger partial charge in [-0.1, -0.05) is 0 Å². The molecule has 2 heterocycles. The molecule has 0 bridgehead atoms. The Morgan fingerprint density at radius 1 is 0.970 bits per heavy atom. The Morgan fingerprint density at radius 3 is 2.12 bits per heavy atom. The van der Waals surface area contributed by atoms with Crippen molar-refractivity contribution in [2.45, 2.75) is 13.3 Å². The smallest absolute Gasteiger partial charge is 0.323 e. The molecule has 1 aromatic heterocycles. The van der Waals surface area contributed by atoms with E-state index >= 15 is 0 Å². The fraction of sp³-hybridized carbons (Fsp3) is 0.429. The van der Waals surface area contributed by atoms with Crippen LogP contribution in [0.3, 0.4) is 0 Å². The van der Waals surface area contributed by atoms with Crippen molar-refractivity contribution in [2.24, 2.45) is 0 Å². The van der Waals surface area contributed by atoms with Crippen molar-refractivity contribution < 1.29 is 28.6 Å². The van der Waals surface area contributed by atoms with Crippen LogP contribution in [0.1, 0.15) is 12.6 Å². The van der Waals surface area contributed by atoms with Gasteiger partial charge in [0.15, 0.2) is 16.6 Å². The van der Waals surface area contributed by atoms with Crippen LogP contribution >= 0.6 is 11.3 Å². The van der Waals surface area contributed by atoms with E-state index in [4.69, 9.17) is 14.2 Å². The highest BCUT2D eigenvalue weighted by molar-refractivity contribution is 7.13. The number of carbonyl (C=O) groups is 3. The van der Waals surface area contributed by atoms with Crippen molar-refractivity contribution in [1.29, 1.82) is 0 Å². The van der Waals surface area contributed by atoms with Crippen LogP contribution in [-0.2, 0) is 16.0 Å². The van der Waals surface area contributed by atoms with Gasteiger partial charge in [0.1, 0.15) is 0 Å². The molecule has 0 atom stereocenters. The van der Waals surface area contributed by atoms with Gasteiger partial charge in [-0.05, 0) is 0 Å². The number of methoxy groups -OCH3 is 3. The predicted molar refractivity (Wildman–Crippen MR) is 123 cm³/mol. The number of amides is 4. The number of carbonyl (C=O) groups excluding carboxylic acids is 3. The van der Waals surface area contributed by atoms with Gasteiger partial charge in [0, 0.05) is 56.3 Å². The minimum atomic E-state index is -0.284. The molecule has 0 spiro atoms. The van der Waals surface area contributed by atoms with Crippen molar-refractivity contribution in [3.63, 3.8) is 0 Å². The highest BCUT2D eigenvalue weighted by Crippen LogP contribution is 2.39. The molecule has 2 N–H and O–H groups in total. The summed E-state index contributed by atoms with van der Waals surface area (Å²) in [6.07, 6.45) is 0.0281. The lowest BCUT2D eigenvalue weighted by atomic mass is 10.2. The van der Waals surface area contributed by atoms with E-state index in [2.05, 4.69) is 15.6 Å². The fourth-order valence-corrected chi connectivity index (χ4v) is 4.06. The first kappa shape index (κ1) is 24.1. The van der Waals surface area contributed by atoms with E-state index in [0.29, 0.717) is 59.9 Å². The lowest BCUT2D eigenvalue weighted by Gasteiger charge is -2.33. The highest BCUT2D eigenvalue weighted by Gasteiger charge is 2.23. The van der Waals surface area contributed by atoms with Crippen LogP contribution in [0, 0.1) is 0 Å². The number of aromatic nitrogens is 1. The molecule has 4 amide bonds. The first-order valence-corrected chi connectivity index (χ1v) is 11.1. The Kier molecular flexibility index (Phi) is 7.93. The summed E-state index contributed by atoms with van der Waals surface area (Å²) in [4.78, 5) is 44.1. The summed E-state index contributed by atoms with van der Waals surface area (Å²) in [5, 5.41) is 7.67. The maximum absolute atomic E-state index is 12.5. The number of urea groups is 1. The van der Waals surface area contributed by atoms with E-state index in [-0.39, 0.29) is 24.3 Å². The molecule has 1 saturated heterocycles. The zero-order valence-electron chi connectivity index (χ0n) is 19.0. The van der Waals surface area contributed by atoms with Gasteiger partial charge >= 0.3 is 6.03 Å². The maximum atomic E-state index is 12.5. The fourth-order valence-electron chi connectivity index (χ4n) is 3.36. The second-order valence-corrected chi connectivity index (χ2v) is 8.06. The molecule has 1 aliphatic heterocycles. The average molecular weight is 478 g/mol. The minimum Gasteiger partial charge on any atom is -0.493 e. The Labute approximate surface area is 195 Å². The summed E-state index contributed by atoms with van der Waals surface area (Å²) in [6.45, 7) is 3.45. The van der Waals surface area contributed by atoms with E-state index in [9.17, 15) is 14.4 Å². The first-order chi connectivity index (χ1) is 15.8. The molecular weight excluding hydrogens is 450 g/mol. The number of ether oxygens (including phenoxy) is 3. The summed E-state index contributed by atoms with van der Waals surface area (Å²) < 4.78 is 15.9. The van der Waals surface area contributed by atoms with Crippen molar-refractivity contribution in [3.05, 3.63) is 23.2 Å². The van der Waals surface area contributed by atoms with Gasteiger partial charge < -0.3 is 29.3 Å². The van der Waals surface area contributed by atoms with Gasteiger partial charge in [0.25, 0.3) is 0 Å². The largest absolute Gasteiger partial charge is 0.493 e. The topological polar surface area (TPSA) is 122 Å². The molecule has 1 aromatic carbocycles. The van der Waals surface area contributed by atoms with E-state index in [1.54, 1.807) is 27.3 Å². The maximum Gasteiger partial charge on any atom is 0.323 e. The summed E-state index contributed by atoms with van der Waals surface area (Å²) >= 11 is 1.24. The third-order valence-electron chi connectivity index (χ3n) is 5.07. The van der Waals surface area contributed by atoms with Gasteiger partial charge in [0.2, 0.25) is 17.6 Å². The summed E-state index contributed by atoms with van der Waals surface area (Å²) in [5.74, 6) is 1.00. The molecule has 12 heteroatoms. The molecular formula is C21H27N5O6S. The minimum absolute atomic E-state index is 0.00410. The number of piperazine rings is 1. The molecule has 3 rings (SSSR count). The van der Waals surface area contributed by atoms with Gasteiger partial charge in [-0.15, -0.1) is 11.3 Å². The van der Waals surface area contributed by atoms with Crippen LogP contribution < -0.4 is 24.8 Å². The van der Waals surface area contributed by atoms with Gasteiger partial charge in [-0.3, -0.25) is 14.9 Å². The number of thiazole rings is 1. The highest BCUT2D eigenvalue weighted by atomic mass is 32.1. The standard InChI is InChI=1S/C21H27N5O6S/c1-13(27)25-5-7-26(8-6-25)21(29)24-20-23-15(12-33-20)11-18(28)22-14-9-16(30-2)19(32-4)17(10-14)31-3/h9-10,12H,5-8,11H2,1-4H3,(H,22,28)(H,23,24,29). The Morgan fingerprint density at radius 2 is 1.58 bits per heavy atom. The lowest BCUT2D eigenvalue weighted by molar-refractivity contribution is -0.130. The Bertz CT molecular complexity index is 993. The SMILES string of the molecule is COc1cc(NC(=O)Cc2csc(NC(=O)N3CCN(C(C)=O)CC3)n2)cc(OC)c1OC. The number of hydrogen-bond acceptors (Lipinski definition) is 8. The molecule has 0 radical (unpaired) electrons. The monoisotopic (exact) mass is 477 g/mol. The molecule has 33 heavy (non-hydrogen) atoms. The van der Waals surface area contributed by atoms with E-state index in [1.165, 1.54) is 39.6 Å². The predicted octanol–water partition coefficient (Wildman–Crippen LogP) is 2.05. The third kappa shape index (κ3) is 6.04. The van der Waals surface area contributed by atoms with Crippen LogP contribution in [0.5, 0.6) is 17.2 Å². The molecule has 0 unspecified atom stereocenters. The number of benzene rings is 1.